The van der Waals surface area contributed by atoms with Crippen molar-refractivity contribution in [1.29, 1.82) is 0 Å². The Bertz CT molecular complexity index is 1500. The molecule has 7 nitrogen and oxygen atoms in total. The number of amides is 2. The van der Waals surface area contributed by atoms with E-state index in [1.165, 1.54) is 23.1 Å². The summed E-state index contributed by atoms with van der Waals surface area (Å²) < 4.78 is 29.1. The summed E-state index contributed by atoms with van der Waals surface area (Å²) in [6.07, 6.45) is 1.03. The van der Waals surface area contributed by atoms with Crippen molar-refractivity contribution in [3.8, 4) is 0 Å². The Labute approximate surface area is 257 Å². The fourth-order valence-electron chi connectivity index (χ4n) is 4.32. The van der Waals surface area contributed by atoms with Crippen LogP contribution in [0, 0.1) is 13.8 Å². The molecule has 3 aromatic rings. The summed E-state index contributed by atoms with van der Waals surface area (Å²) in [5.74, 6) is -0.890. The van der Waals surface area contributed by atoms with Gasteiger partial charge in [0.1, 0.15) is 12.6 Å². The minimum absolute atomic E-state index is 0.0146. The Morgan fingerprint density at radius 1 is 0.902 bits per heavy atom. The molecule has 3 aromatic carbocycles. The number of hydrogen-bond donors (Lipinski definition) is 1. The number of rotatable bonds is 12. The molecule has 0 heterocycles. The molecule has 0 radical (unpaired) electrons. The Kier molecular flexibility index (Phi) is 11.5. The number of halogens is 3. The number of sulfonamides is 1. The van der Waals surface area contributed by atoms with Gasteiger partial charge < -0.3 is 10.2 Å². The predicted molar refractivity (Wildman–Crippen MR) is 166 cm³/mol. The van der Waals surface area contributed by atoms with Crippen molar-refractivity contribution in [2.24, 2.45) is 0 Å². The molecule has 1 atom stereocenters. The summed E-state index contributed by atoms with van der Waals surface area (Å²) >= 11 is 18.6. The Balaban J connectivity index is 2.11. The lowest BCUT2D eigenvalue weighted by molar-refractivity contribution is -0.140. The lowest BCUT2D eigenvalue weighted by Gasteiger charge is -2.33. The molecule has 0 saturated carbocycles. The first-order valence-electron chi connectivity index (χ1n) is 13.3. The van der Waals surface area contributed by atoms with Gasteiger partial charge in [0.25, 0.3) is 10.0 Å². The first-order chi connectivity index (χ1) is 19.4. The fourth-order valence-corrected chi connectivity index (χ4v) is 6.28. The zero-order valence-corrected chi connectivity index (χ0v) is 26.5. The summed E-state index contributed by atoms with van der Waals surface area (Å²) in [5.41, 5.74) is 2.41. The SMILES string of the molecule is CCCNC(=O)[C@H](CC)N(Cc1ccc(Cl)c(Cl)c1)C(=O)CN(c1cc(Cl)ccc1C)S(=O)(=O)c1ccc(C)cc1. The second-order valence-electron chi connectivity index (χ2n) is 9.74. The highest BCUT2D eigenvalue weighted by molar-refractivity contribution is 7.92. The lowest BCUT2D eigenvalue weighted by atomic mass is 10.1. The molecule has 0 bridgehead atoms. The standard InChI is InChI=1S/C30H34Cl3N3O4S/c1-5-15-34-30(38)27(6-2)35(18-22-10-14-25(32)26(33)16-22)29(37)19-36(28-17-23(31)11-9-21(28)4)41(39,40)24-12-7-20(3)8-13-24/h7-14,16-17,27H,5-6,15,18-19H2,1-4H3,(H,34,38)/t27-/m0/s1. The third-order valence-corrected chi connectivity index (χ3v) is 9.35. The Hall–Kier alpha value is -2.78. The van der Waals surface area contributed by atoms with Gasteiger partial charge in [-0.25, -0.2) is 8.42 Å². The van der Waals surface area contributed by atoms with E-state index in [-0.39, 0.29) is 23.0 Å². The third kappa shape index (κ3) is 8.16. The third-order valence-electron chi connectivity index (χ3n) is 6.60. The van der Waals surface area contributed by atoms with Crippen LogP contribution in [0.1, 0.15) is 43.4 Å². The second kappa shape index (κ2) is 14.4. The van der Waals surface area contributed by atoms with Gasteiger partial charge in [-0.15, -0.1) is 0 Å². The molecule has 3 rings (SSSR count). The zero-order valence-electron chi connectivity index (χ0n) is 23.5. The van der Waals surface area contributed by atoms with Gasteiger partial charge in [-0.3, -0.25) is 13.9 Å². The number of carbonyl (C=O) groups excluding carboxylic acids is 2. The molecule has 0 unspecified atom stereocenters. The van der Waals surface area contributed by atoms with E-state index in [9.17, 15) is 18.0 Å². The van der Waals surface area contributed by atoms with Crippen molar-refractivity contribution < 1.29 is 18.0 Å². The average Bonchev–Trinajstić information content (AvgIpc) is 2.93. The molecule has 1 N–H and O–H groups in total. The van der Waals surface area contributed by atoms with E-state index >= 15 is 0 Å². The topological polar surface area (TPSA) is 86.8 Å². The van der Waals surface area contributed by atoms with Crippen LogP contribution in [0.15, 0.2) is 65.6 Å². The minimum Gasteiger partial charge on any atom is -0.354 e. The van der Waals surface area contributed by atoms with Crippen molar-refractivity contribution in [1.82, 2.24) is 10.2 Å². The summed E-state index contributed by atoms with van der Waals surface area (Å²) in [4.78, 5) is 28.7. The first kappa shape index (κ1) is 32.7. The van der Waals surface area contributed by atoms with Crippen LogP contribution in [-0.4, -0.2) is 44.3 Å². The van der Waals surface area contributed by atoms with Gasteiger partial charge in [-0.1, -0.05) is 78.5 Å². The van der Waals surface area contributed by atoms with Crippen molar-refractivity contribution >= 4 is 62.3 Å². The quantitative estimate of drug-likeness (QED) is 0.237. The van der Waals surface area contributed by atoms with E-state index in [1.54, 1.807) is 56.3 Å². The zero-order chi connectivity index (χ0) is 30.3. The molecular weight excluding hydrogens is 605 g/mol. The van der Waals surface area contributed by atoms with Crippen LogP contribution in [-0.2, 0) is 26.2 Å². The van der Waals surface area contributed by atoms with Crippen molar-refractivity contribution in [2.75, 3.05) is 17.4 Å². The second-order valence-corrected chi connectivity index (χ2v) is 12.9. The summed E-state index contributed by atoms with van der Waals surface area (Å²) in [5, 5.41) is 3.84. The molecule has 0 fully saturated rings. The number of nitrogens with one attached hydrogen (secondary N) is 1. The van der Waals surface area contributed by atoms with Crippen LogP contribution < -0.4 is 9.62 Å². The van der Waals surface area contributed by atoms with Gasteiger partial charge in [0, 0.05) is 18.1 Å². The van der Waals surface area contributed by atoms with Crippen LogP contribution in [0.25, 0.3) is 0 Å². The monoisotopic (exact) mass is 637 g/mol. The van der Waals surface area contributed by atoms with E-state index in [4.69, 9.17) is 34.8 Å². The maximum atomic E-state index is 14.1. The van der Waals surface area contributed by atoms with Crippen LogP contribution in [0.5, 0.6) is 0 Å². The number of hydrogen-bond acceptors (Lipinski definition) is 4. The molecular formula is C30H34Cl3N3O4S. The van der Waals surface area contributed by atoms with E-state index in [2.05, 4.69) is 5.32 Å². The highest BCUT2D eigenvalue weighted by Gasteiger charge is 2.34. The average molecular weight is 639 g/mol. The van der Waals surface area contributed by atoms with Gasteiger partial charge in [-0.2, -0.15) is 0 Å². The number of anilines is 1. The van der Waals surface area contributed by atoms with Gasteiger partial charge >= 0.3 is 0 Å². The van der Waals surface area contributed by atoms with Crippen LogP contribution in [0.2, 0.25) is 15.1 Å². The van der Waals surface area contributed by atoms with Crippen molar-refractivity contribution in [2.45, 2.75) is 58.0 Å². The smallest absolute Gasteiger partial charge is 0.264 e. The highest BCUT2D eigenvalue weighted by atomic mass is 35.5. The lowest BCUT2D eigenvalue weighted by Crippen LogP contribution is -2.52. The molecule has 0 saturated heterocycles. The number of aryl methyl sites for hydroxylation is 2. The van der Waals surface area contributed by atoms with E-state index in [1.807, 2.05) is 13.8 Å². The largest absolute Gasteiger partial charge is 0.354 e. The highest BCUT2D eigenvalue weighted by Crippen LogP contribution is 2.30. The van der Waals surface area contributed by atoms with Gasteiger partial charge in [0.2, 0.25) is 11.8 Å². The molecule has 0 aromatic heterocycles. The van der Waals surface area contributed by atoms with Gasteiger partial charge in [0.05, 0.1) is 20.6 Å². The van der Waals surface area contributed by atoms with Crippen LogP contribution in [0.4, 0.5) is 5.69 Å². The first-order valence-corrected chi connectivity index (χ1v) is 15.8. The molecule has 0 aliphatic heterocycles. The fraction of sp³-hybridized carbons (Fsp3) is 0.333. The van der Waals surface area contributed by atoms with E-state index in [0.29, 0.717) is 39.2 Å². The molecule has 220 valence electrons. The van der Waals surface area contributed by atoms with E-state index < -0.39 is 28.5 Å². The molecule has 0 aliphatic carbocycles. The summed E-state index contributed by atoms with van der Waals surface area (Å²) in [6, 6.07) is 15.4. The summed E-state index contributed by atoms with van der Waals surface area (Å²) in [7, 11) is -4.20. The molecule has 11 heteroatoms. The van der Waals surface area contributed by atoms with E-state index in [0.717, 1.165) is 16.3 Å². The van der Waals surface area contributed by atoms with Gasteiger partial charge in [0.15, 0.2) is 0 Å². The maximum Gasteiger partial charge on any atom is 0.264 e. The van der Waals surface area contributed by atoms with Crippen molar-refractivity contribution in [3.05, 3.63) is 92.4 Å². The van der Waals surface area contributed by atoms with Gasteiger partial charge in [-0.05, 0) is 74.2 Å². The normalized spacial score (nSPS) is 12.1. The van der Waals surface area contributed by atoms with Crippen LogP contribution in [0.3, 0.4) is 0 Å². The number of carbonyl (C=O) groups is 2. The predicted octanol–water partition coefficient (Wildman–Crippen LogP) is 6.79. The molecule has 2 amide bonds. The molecule has 0 aliphatic rings. The number of nitrogens with zero attached hydrogens (tertiary/aromatic N) is 2. The maximum absolute atomic E-state index is 14.1. The minimum atomic E-state index is -4.20. The van der Waals surface area contributed by atoms with Crippen molar-refractivity contribution in [3.63, 3.8) is 0 Å². The molecule has 41 heavy (non-hydrogen) atoms. The Morgan fingerprint density at radius 3 is 2.20 bits per heavy atom. The van der Waals surface area contributed by atoms with Crippen LogP contribution >= 0.6 is 34.8 Å². The number of benzene rings is 3. The summed E-state index contributed by atoms with van der Waals surface area (Å²) in [6.45, 7) is 7.23. The Morgan fingerprint density at radius 2 is 1.59 bits per heavy atom. The molecule has 0 spiro atoms.